The van der Waals surface area contributed by atoms with Crippen LogP contribution >= 0.6 is 0 Å². The van der Waals surface area contributed by atoms with E-state index in [1.165, 1.54) is 0 Å². The molecular formula is C15H15F3N4O. The lowest BCUT2D eigenvalue weighted by atomic mass is 9.74. The van der Waals surface area contributed by atoms with E-state index in [0.29, 0.717) is 5.69 Å². The maximum atomic E-state index is 12.4. The summed E-state index contributed by atoms with van der Waals surface area (Å²) in [6.07, 6.45) is -4.00. The van der Waals surface area contributed by atoms with Gasteiger partial charge in [0.05, 0.1) is 5.92 Å². The number of aromatic amines is 1. The molecule has 5 nitrogen and oxygen atoms in total. The van der Waals surface area contributed by atoms with Gasteiger partial charge in [0.1, 0.15) is 5.69 Å². The Morgan fingerprint density at radius 2 is 1.91 bits per heavy atom. The Hall–Kier alpha value is -2.38. The first-order valence-corrected chi connectivity index (χ1v) is 7.26. The van der Waals surface area contributed by atoms with Gasteiger partial charge in [0.2, 0.25) is 0 Å². The number of nitrogens with one attached hydrogen (secondary N) is 2. The van der Waals surface area contributed by atoms with Crippen LogP contribution < -0.4 is 5.32 Å². The second-order valence-corrected chi connectivity index (χ2v) is 5.67. The Balaban J connectivity index is 1.58. The first-order chi connectivity index (χ1) is 10.9. The maximum Gasteiger partial charge on any atom is 0.391 e. The van der Waals surface area contributed by atoms with E-state index in [1.807, 2.05) is 18.2 Å². The average molecular weight is 324 g/mol. The van der Waals surface area contributed by atoms with Crippen molar-refractivity contribution in [1.82, 2.24) is 20.7 Å². The molecule has 1 amide bonds. The first-order valence-electron chi connectivity index (χ1n) is 7.26. The molecule has 1 aromatic heterocycles. The number of hydrogen-bond acceptors (Lipinski definition) is 3. The minimum atomic E-state index is -4.13. The van der Waals surface area contributed by atoms with E-state index in [4.69, 9.17) is 0 Å². The number of H-pyrrole nitrogens is 1. The number of aromatic nitrogens is 3. The van der Waals surface area contributed by atoms with Gasteiger partial charge in [-0.2, -0.15) is 28.6 Å². The van der Waals surface area contributed by atoms with Crippen molar-refractivity contribution in [3.63, 3.8) is 0 Å². The monoisotopic (exact) mass is 324 g/mol. The zero-order chi connectivity index (χ0) is 16.4. The topological polar surface area (TPSA) is 70.7 Å². The third-order valence-corrected chi connectivity index (χ3v) is 4.06. The molecule has 1 fully saturated rings. The van der Waals surface area contributed by atoms with Crippen molar-refractivity contribution in [1.29, 1.82) is 0 Å². The average Bonchev–Trinajstić information content (AvgIpc) is 2.94. The maximum absolute atomic E-state index is 12.4. The number of benzene rings is 1. The van der Waals surface area contributed by atoms with Crippen LogP contribution in [0, 0.1) is 11.8 Å². The third-order valence-electron chi connectivity index (χ3n) is 4.06. The molecule has 1 aliphatic carbocycles. The molecule has 1 aliphatic rings. The van der Waals surface area contributed by atoms with Crippen LogP contribution in [0.2, 0.25) is 0 Å². The Labute approximate surface area is 130 Å². The molecule has 2 aromatic rings. The molecule has 3 rings (SSSR count). The highest BCUT2D eigenvalue weighted by atomic mass is 19.4. The molecule has 1 saturated carbocycles. The molecule has 0 saturated heterocycles. The fraction of sp³-hybridized carbons (Fsp3) is 0.400. The molecule has 0 aliphatic heterocycles. The van der Waals surface area contributed by atoms with Gasteiger partial charge in [0.15, 0.2) is 5.69 Å². The van der Waals surface area contributed by atoms with Crippen LogP contribution in [0.5, 0.6) is 0 Å². The SMILES string of the molecule is O=C(NCC1CC(C(F)(F)F)C1)c1n[nH]nc1-c1ccccc1. The summed E-state index contributed by atoms with van der Waals surface area (Å²) >= 11 is 0. The van der Waals surface area contributed by atoms with Gasteiger partial charge >= 0.3 is 6.18 Å². The van der Waals surface area contributed by atoms with Crippen molar-refractivity contribution < 1.29 is 18.0 Å². The van der Waals surface area contributed by atoms with Gasteiger partial charge in [0, 0.05) is 12.1 Å². The molecule has 8 heteroatoms. The quantitative estimate of drug-likeness (QED) is 0.908. The van der Waals surface area contributed by atoms with E-state index in [2.05, 4.69) is 20.7 Å². The molecule has 0 radical (unpaired) electrons. The summed E-state index contributed by atoms with van der Waals surface area (Å²) in [6, 6.07) is 9.08. The summed E-state index contributed by atoms with van der Waals surface area (Å²) in [4.78, 5) is 12.2. The number of carbonyl (C=O) groups excluding carboxylic acids is 1. The van der Waals surface area contributed by atoms with Crippen molar-refractivity contribution in [3.05, 3.63) is 36.0 Å². The fourth-order valence-corrected chi connectivity index (χ4v) is 2.68. The van der Waals surface area contributed by atoms with Gasteiger partial charge in [-0.3, -0.25) is 4.79 Å². The summed E-state index contributed by atoms with van der Waals surface area (Å²) in [5.41, 5.74) is 1.31. The second kappa shape index (κ2) is 6.02. The molecule has 122 valence electrons. The van der Waals surface area contributed by atoms with E-state index >= 15 is 0 Å². The zero-order valence-electron chi connectivity index (χ0n) is 12.1. The van der Waals surface area contributed by atoms with E-state index in [0.717, 1.165) is 5.56 Å². The highest BCUT2D eigenvalue weighted by molar-refractivity contribution is 5.97. The predicted molar refractivity (Wildman–Crippen MR) is 76.4 cm³/mol. The van der Waals surface area contributed by atoms with E-state index in [1.54, 1.807) is 12.1 Å². The van der Waals surface area contributed by atoms with Gasteiger partial charge in [-0.05, 0) is 18.8 Å². The zero-order valence-corrected chi connectivity index (χ0v) is 12.1. The molecule has 0 bridgehead atoms. The summed E-state index contributed by atoms with van der Waals surface area (Å²) < 4.78 is 37.3. The van der Waals surface area contributed by atoms with Crippen molar-refractivity contribution >= 4 is 5.91 Å². The van der Waals surface area contributed by atoms with Gasteiger partial charge in [-0.1, -0.05) is 30.3 Å². The Morgan fingerprint density at radius 3 is 2.57 bits per heavy atom. The summed E-state index contributed by atoms with van der Waals surface area (Å²) in [6.45, 7) is 0.215. The normalized spacial score (nSPS) is 20.8. The van der Waals surface area contributed by atoms with Crippen LogP contribution in [0.4, 0.5) is 13.2 Å². The highest BCUT2D eigenvalue weighted by Crippen LogP contribution is 2.44. The summed E-state index contributed by atoms with van der Waals surface area (Å²) in [5.74, 6) is -1.82. The Morgan fingerprint density at radius 1 is 1.22 bits per heavy atom. The predicted octanol–water partition coefficient (Wildman–Crippen LogP) is 2.79. The minimum absolute atomic E-state index is 0.0636. The number of nitrogens with zero attached hydrogens (tertiary/aromatic N) is 2. The highest BCUT2D eigenvalue weighted by Gasteiger charge is 2.47. The number of amides is 1. The largest absolute Gasteiger partial charge is 0.391 e. The molecule has 0 atom stereocenters. The fourth-order valence-electron chi connectivity index (χ4n) is 2.68. The Bertz CT molecular complexity index is 678. The Kier molecular flexibility index (Phi) is 4.06. The van der Waals surface area contributed by atoms with Crippen LogP contribution in [0.1, 0.15) is 23.3 Å². The smallest absolute Gasteiger partial charge is 0.350 e. The van der Waals surface area contributed by atoms with E-state index in [9.17, 15) is 18.0 Å². The van der Waals surface area contributed by atoms with Crippen molar-refractivity contribution in [3.8, 4) is 11.3 Å². The molecular weight excluding hydrogens is 309 g/mol. The third kappa shape index (κ3) is 3.35. The summed E-state index contributed by atoms with van der Waals surface area (Å²) in [5, 5.41) is 12.9. The molecule has 0 spiro atoms. The lowest BCUT2D eigenvalue weighted by Crippen LogP contribution is -2.41. The van der Waals surface area contributed by atoms with Gasteiger partial charge in [0.25, 0.3) is 5.91 Å². The summed E-state index contributed by atoms with van der Waals surface area (Å²) in [7, 11) is 0. The molecule has 0 unspecified atom stereocenters. The van der Waals surface area contributed by atoms with Crippen LogP contribution in [0.15, 0.2) is 30.3 Å². The van der Waals surface area contributed by atoms with Gasteiger partial charge in [-0.25, -0.2) is 0 Å². The van der Waals surface area contributed by atoms with Gasteiger partial charge < -0.3 is 5.32 Å². The second-order valence-electron chi connectivity index (χ2n) is 5.67. The van der Waals surface area contributed by atoms with E-state index < -0.39 is 18.0 Å². The molecule has 23 heavy (non-hydrogen) atoms. The van der Waals surface area contributed by atoms with Crippen molar-refractivity contribution in [2.45, 2.75) is 19.0 Å². The standard InChI is InChI=1S/C15H15F3N4O/c16-15(17,18)11-6-9(7-11)8-19-14(23)13-12(20-22-21-13)10-4-2-1-3-5-10/h1-5,9,11H,6-8H2,(H,19,23)(H,20,21,22). The number of alkyl halides is 3. The molecule has 2 N–H and O–H groups in total. The minimum Gasteiger partial charge on any atom is -0.350 e. The van der Waals surface area contributed by atoms with Crippen LogP contribution in [-0.2, 0) is 0 Å². The molecule has 1 aromatic carbocycles. The van der Waals surface area contributed by atoms with E-state index in [-0.39, 0.29) is 31.0 Å². The van der Waals surface area contributed by atoms with Crippen LogP contribution in [0.25, 0.3) is 11.3 Å². The number of hydrogen-bond donors (Lipinski definition) is 2. The number of carbonyl (C=O) groups is 1. The number of rotatable bonds is 4. The van der Waals surface area contributed by atoms with Gasteiger partial charge in [-0.15, -0.1) is 0 Å². The lowest BCUT2D eigenvalue weighted by molar-refractivity contribution is -0.203. The molecule has 1 heterocycles. The number of halogens is 3. The first kappa shape index (κ1) is 15.5. The van der Waals surface area contributed by atoms with Crippen molar-refractivity contribution in [2.24, 2.45) is 11.8 Å². The van der Waals surface area contributed by atoms with Crippen LogP contribution in [0.3, 0.4) is 0 Å². The lowest BCUT2D eigenvalue weighted by Gasteiger charge is -2.36. The van der Waals surface area contributed by atoms with Crippen LogP contribution in [-0.4, -0.2) is 34.0 Å². The van der Waals surface area contributed by atoms with Crippen molar-refractivity contribution in [2.75, 3.05) is 6.54 Å².